The van der Waals surface area contributed by atoms with Crippen molar-refractivity contribution in [3.63, 3.8) is 0 Å². The second-order valence-electron chi connectivity index (χ2n) is 3.99. The van der Waals surface area contributed by atoms with Crippen molar-refractivity contribution in [3.8, 4) is 0 Å². The second kappa shape index (κ2) is 3.09. The molecule has 1 rings (SSSR count). The van der Waals surface area contributed by atoms with Gasteiger partial charge in [-0.2, -0.15) is 0 Å². The van der Waals surface area contributed by atoms with Gasteiger partial charge in [0, 0.05) is 13.1 Å². The predicted molar refractivity (Wildman–Crippen MR) is 43.5 cm³/mol. The van der Waals surface area contributed by atoms with Crippen LogP contribution in [-0.2, 0) is 4.74 Å². The highest BCUT2D eigenvalue weighted by Crippen LogP contribution is 2.15. The Morgan fingerprint density at radius 1 is 1.36 bits per heavy atom. The quantitative estimate of drug-likeness (QED) is 0.571. The van der Waals surface area contributed by atoms with Crippen LogP contribution in [0.3, 0.4) is 0 Å². The molecule has 1 aliphatic heterocycles. The van der Waals surface area contributed by atoms with Crippen LogP contribution < -0.4 is 5.32 Å². The maximum atomic E-state index is 9.36. The molecule has 11 heavy (non-hydrogen) atoms. The van der Waals surface area contributed by atoms with Crippen LogP contribution in [0, 0.1) is 0 Å². The van der Waals surface area contributed by atoms with E-state index in [2.05, 4.69) is 5.32 Å². The van der Waals surface area contributed by atoms with E-state index >= 15 is 0 Å². The maximum absolute atomic E-state index is 9.36. The standard InChI is InChI=1S/C8H17NO2/c1-8(2,3)11-7-5-9-4-6(7)10/h6-7,9-10H,4-5H2,1-3H3. The Labute approximate surface area is 67.7 Å². The summed E-state index contributed by atoms with van der Waals surface area (Å²) in [5.41, 5.74) is -0.155. The van der Waals surface area contributed by atoms with Crippen LogP contribution in [-0.4, -0.2) is 36.0 Å². The van der Waals surface area contributed by atoms with E-state index in [0.29, 0.717) is 6.54 Å². The number of nitrogens with one attached hydrogen (secondary N) is 1. The fraction of sp³-hybridized carbons (Fsp3) is 1.00. The Bertz CT molecular complexity index is 131. The third-order valence-corrected chi connectivity index (χ3v) is 1.63. The molecule has 2 N–H and O–H groups in total. The SMILES string of the molecule is CC(C)(C)OC1CNCC1O. The summed E-state index contributed by atoms with van der Waals surface area (Å²) >= 11 is 0. The molecule has 0 spiro atoms. The summed E-state index contributed by atoms with van der Waals surface area (Å²) in [6, 6.07) is 0. The minimum Gasteiger partial charge on any atom is -0.389 e. The lowest BCUT2D eigenvalue weighted by Gasteiger charge is -2.26. The second-order valence-corrected chi connectivity index (χ2v) is 3.99. The van der Waals surface area contributed by atoms with Gasteiger partial charge in [-0.3, -0.25) is 0 Å². The van der Waals surface area contributed by atoms with Gasteiger partial charge in [0.2, 0.25) is 0 Å². The summed E-state index contributed by atoms with van der Waals surface area (Å²) in [7, 11) is 0. The predicted octanol–water partition coefficient (Wildman–Crippen LogP) is 0.134. The van der Waals surface area contributed by atoms with Crippen LogP contribution in [0.4, 0.5) is 0 Å². The minimum atomic E-state index is -0.339. The van der Waals surface area contributed by atoms with E-state index in [4.69, 9.17) is 4.74 Å². The van der Waals surface area contributed by atoms with Crippen molar-refractivity contribution in [2.24, 2.45) is 0 Å². The topological polar surface area (TPSA) is 41.5 Å². The molecule has 0 amide bonds. The Balaban J connectivity index is 2.37. The van der Waals surface area contributed by atoms with Gasteiger partial charge < -0.3 is 15.2 Å². The van der Waals surface area contributed by atoms with E-state index in [1.165, 1.54) is 0 Å². The molecule has 1 aliphatic rings. The van der Waals surface area contributed by atoms with Gasteiger partial charge in [-0.15, -0.1) is 0 Å². The molecular weight excluding hydrogens is 142 g/mol. The van der Waals surface area contributed by atoms with Gasteiger partial charge in [-0.25, -0.2) is 0 Å². The van der Waals surface area contributed by atoms with Crippen LogP contribution in [0.1, 0.15) is 20.8 Å². The number of hydrogen-bond donors (Lipinski definition) is 2. The van der Waals surface area contributed by atoms with E-state index in [1.807, 2.05) is 20.8 Å². The number of ether oxygens (including phenoxy) is 1. The molecule has 0 radical (unpaired) electrons. The molecule has 0 saturated carbocycles. The highest BCUT2D eigenvalue weighted by Gasteiger charge is 2.29. The third kappa shape index (κ3) is 2.77. The lowest BCUT2D eigenvalue weighted by Crippen LogP contribution is -2.35. The zero-order valence-corrected chi connectivity index (χ0v) is 7.42. The summed E-state index contributed by atoms with van der Waals surface area (Å²) in [4.78, 5) is 0. The number of β-amino-alcohol motifs (C(OH)–C–C–N with tert-alkyl or cyclic N) is 1. The number of aliphatic hydroxyl groups excluding tert-OH is 1. The molecule has 0 aromatic heterocycles. The first-order valence-corrected chi connectivity index (χ1v) is 4.05. The van der Waals surface area contributed by atoms with Crippen molar-refractivity contribution < 1.29 is 9.84 Å². The average molecular weight is 159 g/mol. The van der Waals surface area contributed by atoms with E-state index in [1.54, 1.807) is 0 Å². The van der Waals surface area contributed by atoms with Crippen LogP contribution in [0.2, 0.25) is 0 Å². The fourth-order valence-electron chi connectivity index (χ4n) is 1.22. The van der Waals surface area contributed by atoms with E-state index in [9.17, 15) is 5.11 Å². The largest absolute Gasteiger partial charge is 0.389 e. The highest BCUT2D eigenvalue weighted by atomic mass is 16.5. The van der Waals surface area contributed by atoms with Crippen LogP contribution >= 0.6 is 0 Å². The average Bonchev–Trinajstić information content (AvgIpc) is 2.12. The number of rotatable bonds is 1. The summed E-state index contributed by atoms with van der Waals surface area (Å²) in [6.07, 6.45) is -0.371. The molecule has 1 fully saturated rings. The summed E-state index contributed by atoms with van der Waals surface area (Å²) in [5, 5.41) is 12.4. The molecule has 0 aromatic carbocycles. The van der Waals surface area contributed by atoms with Gasteiger partial charge in [0.05, 0.1) is 17.8 Å². The monoisotopic (exact) mass is 159 g/mol. The summed E-state index contributed by atoms with van der Waals surface area (Å²) in [5.74, 6) is 0. The van der Waals surface area contributed by atoms with Crippen molar-refractivity contribution in [1.82, 2.24) is 5.32 Å². The molecule has 0 aliphatic carbocycles. The van der Waals surface area contributed by atoms with Gasteiger partial charge in [-0.05, 0) is 20.8 Å². The molecule has 0 bridgehead atoms. The number of aliphatic hydroxyl groups is 1. The van der Waals surface area contributed by atoms with Crippen LogP contribution in [0.15, 0.2) is 0 Å². The minimum absolute atomic E-state index is 0.0324. The Morgan fingerprint density at radius 2 is 2.00 bits per heavy atom. The molecular formula is C8H17NO2. The summed E-state index contributed by atoms with van der Waals surface area (Å²) < 4.78 is 5.60. The highest BCUT2D eigenvalue weighted by molar-refractivity contribution is 4.83. The van der Waals surface area contributed by atoms with Crippen LogP contribution in [0.25, 0.3) is 0 Å². The van der Waals surface area contributed by atoms with Gasteiger partial charge >= 0.3 is 0 Å². The van der Waals surface area contributed by atoms with Gasteiger partial charge in [-0.1, -0.05) is 0 Å². The zero-order valence-electron chi connectivity index (χ0n) is 7.42. The zero-order chi connectivity index (χ0) is 8.48. The van der Waals surface area contributed by atoms with E-state index < -0.39 is 0 Å². The Morgan fingerprint density at radius 3 is 2.36 bits per heavy atom. The molecule has 1 saturated heterocycles. The Hall–Kier alpha value is -0.120. The fourth-order valence-corrected chi connectivity index (χ4v) is 1.22. The van der Waals surface area contributed by atoms with Crippen LogP contribution in [0.5, 0.6) is 0 Å². The van der Waals surface area contributed by atoms with Gasteiger partial charge in [0.15, 0.2) is 0 Å². The number of hydrogen-bond acceptors (Lipinski definition) is 3. The first-order chi connectivity index (χ1) is 4.99. The maximum Gasteiger partial charge on any atom is 0.0977 e. The summed E-state index contributed by atoms with van der Waals surface area (Å²) in [6.45, 7) is 7.41. The van der Waals surface area contributed by atoms with Crippen molar-refractivity contribution in [1.29, 1.82) is 0 Å². The molecule has 1 heterocycles. The van der Waals surface area contributed by atoms with E-state index in [-0.39, 0.29) is 17.8 Å². The normalized spacial score (nSPS) is 32.7. The first-order valence-electron chi connectivity index (χ1n) is 4.05. The molecule has 66 valence electrons. The lowest BCUT2D eigenvalue weighted by atomic mass is 10.1. The molecule has 3 nitrogen and oxygen atoms in total. The third-order valence-electron chi connectivity index (χ3n) is 1.63. The molecule has 2 atom stereocenters. The van der Waals surface area contributed by atoms with Crippen molar-refractivity contribution in [2.45, 2.75) is 38.6 Å². The first kappa shape index (κ1) is 8.97. The van der Waals surface area contributed by atoms with E-state index in [0.717, 1.165) is 6.54 Å². The van der Waals surface area contributed by atoms with Crippen molar-refractivity contribution in [3.05, 3.63) is 0 Å². The Kier molecular flexibility index (Phi) is 2.52. The molecule has 0 aromatic rings. The lowest BCUT2D eigenvalue weighted by molar-refractivity contribution is -0.0899. The van der Waals surface area contributed by atoms with Crippen molar-refractivity contribution >= 4 is 0 Å². The van der Waals surface area contributed by atoms with Crippen molar-refractivity contribution in [2.75, 3.05) is 13.1 Å². The smallest absolute Gasteiger partial charge is 0.0977 e. The molecule has 2 unspecified atom stereocenters. The van der Waals surface area contributed by atoms with Gasteiger partial charge in [0.25, 0.3) is 0 Å². The molecule has 3 heteroatoms. The van der Waals surface area contributed by atoms with Gasteiger partial charge in [0.1, 0.15) is 0 Å².